The van der Waals surface area contributed by atoms with Gasteiger partial charge in [0.25, 0.3) is 0 Å². The predicted octanol–water partition coefficient (Wildman–Crippen LogP) is 4.82. The average Bonchev–Trinajstić information content (AvgIpc) is 2.49. The summed E-state index contributed by atoms with van der Waals surface area (Å²) < 4.78 is 13.8. The second-order valence-electron chi connectivity index (χ2n) is 6.44. The minimum Gasteiger partial charge on any atom is -0.481 e. The van der Waals surface area contributed by atoms with E-state index in [1.807, 2.05) is 0 Å². The molecule has 1 saturated carbocycles. The minimum atomic E-state index is -0.773. The van der Waals surface area contributed by atoms with Crippen LogP contribution in [0.1, 0.15) is 57.4 Å². The highest BCUT2D eigenvalue weighted by Crippen LogP contribution is 2.43. The van der Waals surface area contributed by atoms with Crippen LogP contribution in [0.25, 0.3) is 0 Å². The molecule has 0 heterocycles. The van der Waals surface area contributed by atoms with Crippen molar-refractivity contribution in [3.63, 3.8) is 0 Å². The van der Waals surface area contributed by atoms with E-state index in [9.17, 15) is 14.3 Å². The van der Waals surface area contributed by atoms with E-state index in [2.05, 4.69) is 6.92 Å². The molecule has 2 rings (SSSR count). The third-order valence-corrected chi connectivity index (χ3v) is 4.97. The summed E-state index contributed by atoms with van der Waals surface area (Å²) in [4.78, 5) is 11.8. The molecule has 1 aliphatic rings. The van der Waals surface area contributed by atoms with Crippen LogP contribution < -0.4 is 0 Å². The second kappa shape index (κ2) is 7.06. The highest BCUT2D eigenvalue weighted by Gasteiger charge is 2.42. The molecule has 21 heavy (non-hydrogen) atoms. The SMILES string of the molecule is CCCCC1CCC(Cc2ccccc2F)(C(=O)O)CC1. The Labute approximate surface area is 126 Å². The fraction of sp³-hybridized carbons (Fsp3) is 0.611. The van der Waals surface area contributed by atoms with Crippen molar-refractivity contribution in [2.45, 2.75) is 58.3 Å². The summed E-state index contributed by atoms with van der Waals surface area (Å²) in [5, 5.41) is 9.68. The van der Waals surface area contributed by atoms with Crippen molar-refractivity contribution in [3.05, 3.63) is 35.6 Å². The lowest BCUT2D eigenvalue weighted by Gasteiger charge is -2.37. The van der Waals surface area contributed by atoms with Gasteiger partial charge in [0.1, 0.15) is 5.82 Å². The maximum atomic E-state index is 13.8. The van der Waals surface area contributed by atoms with Crippen molar-refractivity contribution in [1.29, 1.82) is 0 Å². The van der Waals surface area contributed by atoms with Gasteiger partial charge >= 0.3 is 5.97 Å². The van der Waals surface area contributed by atoms with Gasteiger partial charge in [-0.25, -0.2) is 4.39 Å². The monoisotopic (exact) mass is 292 g/mol. The van der Waals surface area contributed by atoms with Crippen molar-refractivity contribution in [2.24, 2.45) is 11.3 Å². The standard InChI is InChI=1S/C18H25FO2/c1-2-3-6-14-9-11-18(12-10-14,17(20)21)13-15-7-4-5-8-16(15)19/h4-5,7-8,14H,2-3,6,9-13H2,1H3,(H,20,21). The van der Waals surface area contributed by atoms with Gasteiger partial charge in [0, 0.05) is 0 Å². The molecule has 1 aliphatic carbocycles. The van der Waals surface area contributed by atoms with Crippen molar-refractivity contribution < 1.29 is 14.3 Å². The Morgan fingerprint density at radius 3 is 2.57 bits per heavy atom. The van der Waals surface area contributed by atoms with Gasteiger partial charge in [-0.2, -0.15) is 0 Å². The molecular formula is C18H25FO2. The molecule has 0 unspecified atom stereocenters. The van der Waals surface area contributed by atoms with Crippen LogP contribution in [-0.2, 0) is 11.2 Å². The fourth-order valence-corrected chi connectivity index (χ4v) is 3.48. The normalized spacial score (nSPS) is 25.7. The minimum absolute atomic E-state index is 0.286. The highest BCUT2D eigenvalue weighted by atomic mass is 19.1. The Bertz CT molecular complexity index is 476. The van der Waals surface area contributed by atoms with E-state index in [0.29, 0.717) is 30.7 Å². The van der Waals surface area contributed by atoms with Crippen LogP contribution in [-0.4, -0.2) is 11.1 Å². The first-order valence-corrected chi connectivity index (χ1v) is 8.04. The number of aliphatic carboxylic acids is 1. The Morgan fingerprint density at radius 2 is 2.00 bits per heavy atom. The first-order valence-electron chi connectivity index (χ1n) is 8.04. The first-order chi connectivity index (χ1) is 10.1. The summed E-state index contributed by atoms with van der Waals surface area (Å²) in [5.74, 6) is -0.399. The second-order valence-corrected chi connectivity index (χ2v) is 6.44. The number of carboxylic acid groups (broad SMARTS) is 1. The summed E-state index contributed by atoms with van der Waals surface area (Å²) >= 11 is 0. The molecule has 0 atom stereocenters. The summed E-state index contributed by atoms with van der Waals surface area (Å²) in [6, 6.07) is 6.55. The number of carboxylic acids is 1. The molecular weight excluding hydrogens is 267 g/mol. The predicted molar refractivity (Wildman–Crippen MR) is 81.7 cm³/mol. The fourth-order valence-electron chi connectivity index (χ4n) is 3.48. The third-order valence-electron chi connectivity index (χ3n) is 4.97. The molecule has 116 valence electrons. The zero-order valence-corrected chi connectivity index (χ0v) is 12.8. The largest absolute Gasteiger partial charge is 0.481 e. The number of unbranched alkanes of at least 4 members (excludes halogenated alkanes) is 1. The van der Waals surface area contributed by atoms with E-state index in [-0.39, 0.29) is 5.82 Å². The number of hydrogen-bond acceptors (Lipinski definition) is 1. The maximum Gasteiger partial charge on any atom is 0.309 e. The quantitative estimate of drug-likeness (QED) is 0.816. The molecule has 0 amide bonds. The molecule has 1 fully saturated rings. The molecule has 0 bridgehead atoms. The van der Waals surface area contributed by atoms with Crippen LogP contribution in [0.3, 0.4) is 0 Å². The number of benzene rings is 1. The Balaban J connectivity index is 2.06. The lowest BCUT2D eigenvalue weighted by molar-refractivity contribution is -0.151. The number of carbonyl (C=O) groups is 1. The van der Waals surface area contributed by atoms with Crippen LogP contribution >= 0.6 is 0 Å². The molecule has 3 heteroatoms. The molecule has 1 aromatic rings. The van der Waals surface area contributed by atoms with Crippen molar-refractivity contribution in [1.82, 2.24) is 0 Å². The van der Waals surface area contributed by atoms with Crippen molar-refractivity contribution in [2.75, 3.05) is 0 Å². The van der Waals surface area contributed by atoms with E-state index in [1.54, 1.807) is 18.2 Å². The molecule has 2 nitrogen and oxygen atoms in total. The van der Waals surface area contributed by atoms with Gasteiger partial charge in [-0.15, -0.1) is 0 Å². The average molecular weight is 292 g/mol. The lowest BCUT2D eigenvalue weighted by Crippen LogP contribution is -2.37. The number of halogens is 1. The summed E-state index contributed by atoms with van der Waals surface area (Å²) in [5.41, 5.74) is -0.239. The zero-order valence-electron chi connectivity index (χ0n) is 12.8. The lowest BCUT2D eigenvalue weighted by atomic mass is 9.66. The number of hydrogen-bond donors (Lipinski definition) is 1. The van der Waals surface area contributed by atoms with Crippen molar-refractivity contribution in [3.8, 4) is 0 Å². The summed E-state index contributed by atoms with van der Waals surface area (Å²) in [7, 11) is 0. The van der Waals surface area contributed by atoms with E-state index >= 15 is 0 Å². The third kappa shape index (κ3) is 3.84. The molecule has 1 N–H and O–H groups in total. The van der Waals surface area contributed by atoms with Gasteiger partial charge in [-0.3, -0.25) is 4.79 Å². The zero-order chi connectivity index (χ0) is 15.3. The smallest absolute Gasteiger partial charge is 0.309 e. The molecule has 0 spiro atoms. The van der Waals surface area contributed by atoms with Crippen LogP contribution in [0.2, 0.25) is 0 Å². The van der Waals surface area contributed by atoms with E-state index in [1.165, 1.54) is 25.3 Å². The summed E-state index contributed by atoms with van der Waals surface area (Å²) in [6.45, 7) is 2.18. The number of rotatable bonds is 6. The van der Waals surface area contributed by atoms with Crippen LogP contribution in [0, 0.1) is 17.2 Å². The van der Waals surface area contributed by atoms with Gasteiger partial charge in [0.2, 0.25) is 0 Å². The maximum absolute atomic E-state index is 13.8. The van der Waals surface area contributed by atoms with E-state index in [4.69, 9.17) is 0 Å². The van der Waals surface area contributed by atoms with Gasteiger partial charge in [-0.1, -0.05) is 44.4 Å². The van der Waals surface area contributed by atoms with Gasteiger partial charge in [0.05, 0.1) is 5.41 Å². The molecule has 0 aliphatic heterocycles. The first kappa shape index (κ1) is 16.0. The Morgan fingerprint density at radius 1 is 1.33 bits per heavy atom. The van der Waals surface area contributed by atoms with Crippen LogP contribution in [0.4, 0.5) is 4.39 Å². The molecule has 0 aromatic heterocycles. The Kier molecular flexibility index (Phi) is 5.38. The topological polar surface area (TPSA) is 37.3 Å². The van der Waals surface area contributed by atoms with E-state index in [0.717, 1.165) is 12.8 Å². The van der Waals surface area contributed by atoms with Crippen LogP contribution in [0.15, 0.2) is 24.3 Å². The van der Waals surface area contributed by atoms with Gasteiger partial charge in [-0.05, 0) is 49.7 Å². The van der Waals surface area contributed by atoms with Crippen LogP contribution in [0.5, 0.6) is 0 Å². The molecule has 0 radical (unpaired) electrons. The van der Waals surface area contributed by atoms with Gasteiger partial charge in [0.15, 0.2) is 0 Å². The Hall–Kier alpha value is -1.38. The van der Waals surface area contributed by atoms with E-state index < -0.39 is 11.4 Å². The highest BCUT2D eigenvalue weighted by molar-refractivity contribution is 5.75. The van der Waals surface area contributed by atoms with Gasteiger partial charge < -0.3 is 5.11 Å². The summed E-state index contributed by atoms with van der Waals surface area (Å²) in [6.07, 6.45) is 7.19. The molecule has 1 aromatic carbocycles. The molecule has 0 saturated heterocycles. The van der Waals surface area contributed by atoms with Crippen molar-refractivity contribution >= 4 is 5.97 Å².